The molecule has 2 heteroatoms. The van der Waals surface area contributed by atoms with Crippen molar-refractivity contribution in [3.8, 4) is 0 Å². The first-order valence-electron chi connectivity index (χ1n) is 9.46. The van der Waals surface area contributed by atoms with Gasteiger partial charge in [0.05, 0.1) is 0 Å². The average Bonchev–Trinajstić information content (AvgIpc) is 3.12. The maximum Gasteiger partial charge on any atom is 0.0380 e. The van der Waals surface area contributed by atoms with Crippen molar-refractivity contribution < 1.29 is 0 Å². The maximum atomic E-state index is 2.39. The number of benzene rings is 2. The lowest BCUT2D eigenvalue weighted by Gasteiger charge is -2.13. The van der Waals surface area contributed by atoms with Gasteiger partial charge in [0.1, 0.15) is 0 Å². The summed E-state index contributed by atoms with van der Waals surface area (Å²) in [5, 5.41) is 2.90. The number of aryl methyl sites for hydroxylation is 2. The van der Waals surface area contributed by atoms with Crippen LogP contribution in [0.25, 0.3) is 20.2 Å². The Bertz CT molecular complexity index is 1080. The van der Waals surface area contributed by atoms with Crippen LogP contribution < -0.4 is 0 Å². The molecule has 26 heavy (non-hydrogen) atoms. The second kappa shape index (κ2) is 6.83. The summed E-state index contributed by atoms with van der Waals surface area (Å²) in [4.78, 5) is 3.01. The first-order chi connectivity index (χ1) is 12.5. The van der Waals surface area contributed by atoms with Gasteiger partial charge in [-0.15, -0.1) is 22.7 Å². The summed E-state index contributed by atoms with van der Waals surface area (Å²) in [6.45, 7) is 11.6. The van der Waals surface area contributed by atoms with E-state index in [0.29, 0.717) is 11.8 Å². The van der Waals surface area contributed by atoms with Gasteiger partial charge in [-0.3, -0.25) is 0 Å². The maximum absolute atomic E-state index is 2.39. The van der Waals surface area contributed by atoms with Crippen molar-refractivity contribution in [3.63, 3.8) is 0 Å². The van der Waals surface area contributed by atoms with Crippen molar-refractivity contribution in [1.82, 2.24) is 0 Å². The Morgan fingerprint density at radius 2 is 1.58 bits per heavy atom. The lowest BCUT2D eigenvalue weighted by atomic mass is 9.91. The van der Waals surface area contributed by atoms with Crippen LogP contribution in [0.4, 0.5) is 0 Å². The molecule has 0 saturated heterocycles. The average molecular weight is 379 g/mol. The second-order valence-electron chi connectivity index (χ2n) is 7.71. The first-order valence-corrected chi connectivity index (χ1v) is 11.1. The van der Waals surface area contributed by atoms with E-state index in [2.05, 4.69) is 77.1 Å². The molecule has 0 radical (unpaired) electrons. The minimum Gasteiger partial charge on any atom is -0.140 e. The van der Waals surface area contributed by atoms with Gasteiger partial charge in [0, 0.05) is 19.2 Å². The highest BCUT2D eigenvalue weighted by atomic mass is 32.1. The summed E-state index contributed by atoms with van der Waals surface area (Å²) >= 11 is 3.94. The van der Waals surface area contributed by atoms with E-state index in [-0.39, 0.29) is 0 Å². The molecule has 0 amide bonds. The molecule has 0 aliphatic heterocycles. The predicted molar refractivity (Wildman–Crippen MR) is 119 cm³/mol. The molecule has 0 saturated carbocycles. The smallest absolute Gasteiger partial charge is 0.0380 e. The molecule has 0 spiro atoms. The zero-order chi connectivity index (χ0) is 18.4. The van der Waals surface area contributed by atoms with Crippen molar-refractivity contribution in [3.05, 3.63) is 68.9 Å². The van der Waals surface area contributed by atoms with Gasteiger partial charge in [-0.2, -0.15) is 0 Å². The molecule has 0 N–H and O–H groups in total. The lowest BCUT2D eigenvalue weighted by molar-refractivity contribution is 0.768. The monoisotopic (exact) mass is 378 g/mol. The van der Waals surface area contributed by atoms with Gasteiger partial charge in [-0.1, -0.05) is 57.2 Å². The van der Waals surface area contributed by atoms with E-state index < -0.39 is 0 Å². The second-order valence-corrected chi connectivity index (χ2v) is 10.0. The first kappa shape index (κ1) is 17.8. The van der Waals surface area contributed by atoms with Crippen molar-refractivity contribution >= 4 is 42.8 Å². The third-order valence-electron chi connectivity index (χ3n) is 5.45. The third-order valence-corrected chi connectivity index (χ3v) is 8.23. The Morgan fingerprint density at radius 1 is 0.846 bits per heavy atom. The van der Waals surface area contributed by atoms with E-state index in [4.69, 9.17) is 0 Å². The molecule has 1 unspecified atom stereocenters. The highest BCUT2D eigenvalue weighted by Crippen LogP contribution is 2.41. The molecule has 4 rings (SSSR count). The van der Waals surface area contributed by atoms with Gasteiger partial charge in [-0.25, -0.2) is 0 Å². The zero-order valence-electron chi connectivity index (χ0n) is 16.2. The van der Waals surface area contributed by atoms with Crippen LogP contribution in [-0.4, -0.2) is 0 Å². The highest BCUT2D eigenvalue weighted by molar-refractivity contribution is 7.19. The van der Waals surface area contributed by atoms with Crippen LogP contribution in [0.2, 0.25) is 0 Å². The Hall–Kier alpha value is -1.64. The largest absolute Gasteiger partial charge is 0.140 e. The van der Waals surface area contributed by atoms with E-state index in [9.17, 15) is 0 Å². The molecular weight excluding hydrogens is 352 g/mol. The molecule has 2 aromatic carbocycles. The van der Waals surface area contributed by atoms with Crippen LogP contribution in [-0.2, 0) is 6.42 Å². The van der Waals surface area contributed by atoms with Gasteiger partial charge in [-0.05, 0) is 65.6 Å². The van der Waals surface area contributed by atoms with Crippen LogP contribution in [0.1, 0.15) is 59.1 Å². The minimum absolute atomic E-state index is 0.529. The minimum atomic E-state index is 0.529. The highest BCUT2D eigenvalue weighted by Gasteiger charge is 2.19. The molecule has 134 valence electrons. The van der Waals surface area contributed by atoms with Gasteiger partial charge >= 0.3 is 0 Å². The Balaban J connectivity index is 1.77. The van der Waals surface area contributed by atoms with E-state index >= 15 is 0 Å². The van der Waals surface area contributed by atoms with Crippen molar-refractivity contribution in [1.29, 1.82) is 0 Å². The molecule has 2 heterocycles. The number of thiophene rings is 2. The van der Waals surface area contributed by atoms with E-state index in [1.165, 1.54) is 41.1 Å². The standard InChI is InChI=1S/C24H26S2/c1-14(2)23-16(4)19-11-8-9-18(24(19)26-23)13-15(3)22-17(5)25-21-12-7-6-10-20(21)22/h6-12,14-15H,13H2,1-5H3. The van der Waals surface area contributed by atoms with Gasteiger partial charge in [0.2, 0.25) is 0 Å². The molecule has 1 atom stereocenters. The zero-order valence-corrected chi connectivity index (χ0v) is 17.9. The molecular formula is C24H26S2. The molecule has 4 aromatic rings. The predicted octanol–water partition coefficient (Wildman–Crippen LogP) is 8.20. The molecule has 2 aromatic heterocycles. The molecule has 0 aliphatic carbocycles. The number of hydrogen-bond acceptors (Lipinski definition) is 2. The van der Waals surface area contributed by atoms with Crippen molar-refractivity contribution in [2.45, 2.75) is 52.9 Å². The number of fused-ring (bicyclic) bond motifs is 2. The quantitative estimate of drug-likeness (QED) is 0.335. The number of rotatable bonds is 4. The Labute approximate surface area is 164 Å². The van der Waals surface area contributed by atoms with Crippen molar-refractivity contribution in [2.24, 2.45) is 0 Å². The van der Waals surface area contributed by atoms with E-state index in [1.807, 2.05) is 22.7 Å². The lowest BCUT2D eigenvalue weighted by Crippen LogP contribution is -1.99. The van der Waals surface area contributed by atoms with E-state index in [0.717, 1.165) is 6.42 Å². The summed E-state index contributed by atoms with van der Waals surface area (Å²) in [7, 11) is 0. The number of hydrogen-bond donors (Lipinski definition) is 0. The SMILES string of the molecule is Cc1sc2ccccc2c1C(C)Cc1cccc2c(C)c(C(C)C)sc12. The molecule has 0 fully saturated rings. The van der Waals surface area contributed by atoms with Crippen LogP contribution in [0.15, 0.2) is 42.5 Å². The van der Waals surface area contributed by atoms with Crippen LogP contribution >= 0.6 is 22.7 Å². The molecule has 0 bridgehead atoms. The summed E-state index contributed by atoms with van der Waals surface area (Å²) in [5.74, 6) is 1.13. The van der Waals surface area contributed by atoms with E-state index in [1.54, 1.807) is 5.56 Å². The fraction of sp³-hybridized carbons (Fsp3) is 0.333. The van der Waals surface area contributed by atoms with Crippen LogP contribution in [0, 0.1) is 13.8 Å². The Morgan fingerprint density at radius 3 is 2.35 bits per heavy atom. The van der Waals surface area contributed by atoms with Gasteiger partial charge in [0.25, 0.3) is 0 Å². The normalized spacial score (nSPS) is 13.2. The summed E-state index contributed by atoms with van der Waals surface area (Å²) in [5.41, 5.74) is 4.52. The van der Waals surface area contributed by atoms with Gasteiger partial charge in [0.15, 0.2) is 0 Å². The third kappa shape index (κ3) is 2.90. The summed E-state index contributed by atoms with van der Waals surface area (Å²) in [6, 6.07) is 15.7. The van der Waals surface area contributed by atoms with Crippen LogP contribution in [0.3, 0.4) is 0 Å². The molecule has 0 nitrogen and oxygen atoms in total. The fourth-order valence-corrected chi connectivity index (χ4v) is 6.78. The van der Waals surface area contributed by atoms with Crippen molar-refractivity contribution in [2.75, 3.05) is 0 Å². The summed E-state index contributed by atoms with van der Waals surface area (Å²) < 4.78 is 2.91. The van der Waals surface area contributed by atoms with Crippen LogP contribution in [0.5, 0.6) is 0 Å². The summed E-state index contributed by atoms with van der Waals surface area (Å²) in [6.07, 6.45) is 1.11. The Kier molecular flexibility index (Phi) is 4.66. The fourth-order valence-electron chi connectivity index (χ4n) is 4.26. The van der Waals surface area contributed by atoms with Gasteiger partial charge < -0.3 is 0 Å². The topological polar surface area (TPSA) is 0 Å². The molecule has 0 aliphatic rings.